The van der Waals surface area contributed by atoms with Gasteiger partial charge in [-0.15, -0.1) is 0 Å². The lowest BCUT2D eigenvalue weighted by Crippen LogP contribution is -2.48. The van der Waals surface area contributed by atoms with Gasteiger partial charge in [0.1, 0.15) is 12.1 Å². The van der Waals surface area contributed by atoms with E-state index in [1.54, 1.807) is 0 Å². The van der Waals surface area contributed by atoms with E-state index in [2.05, 4.69) is 21.3 Å². The van der Waals surface area contributed by atoms with E-state index >= 15 is 0 Å². The highest BCUT2D eigenvalue weighted by Crippen LogP contribution is 2.03. The lowest BCUT2D eigenvalue weighted by atomic mass is 10.1. The second kappa shape index (κ2) is 17.7. The van der Waals surface area contributed by atoms with Crippen molar-refractivity contribution in [3.05, 3.63) is 70.8 Å². The minimum Gasteiger partial charge on any atom is -0.382 e. The molecule has 0 unspecified atom stereocenters. The van der Waals surface area contributed by atoms with Gasteiger partial charge in [0.15, 0.2) is 0 Å². The minimum atomic E-state index is -0.659. The normalized spacial score (nSPS) is 11.7. The number of rotatable bonds is 12. The van der Waals surface area contributed by atoms with Crippen molar-refractivity contribution >= 4 is 23.6 Å². The maximum Gasteiger partial charge on any atom is 0.245 e. The zero-order chi connectivity index (χ0) is 28.5. The molecule has 4 amide bonds. The molecule has 10 heteroatoms. The number of hydrogen-bond acceptors (Lipinski definition) is 6. The van der Waals surface area contributed by atoms with Crippen LogP contribution in [0.25, 0.3) is 0 Å². The number of carbonyl (C=O) groups excluding carboxylic acids is 4. The fraction of sp³-hybridized carbons (Fsp3) is 0.429. The van der Waals surface area contributed by atoms with Gasteiger partial charge < -0.3 is 30.7 Å². The van der Waals surface area contributed by atoms with Crippen LogP contribution in [-0.4, -0.2) is 63.1 Å². The molecule has 0 bridgehead atoms. The number of aryl methyl sites for hydroxylation is 2. The minimum absolute atomic E-state index is 0.152. The first-order valence-corrected chi connectivity index (χ1v) is 12.2. The van der Waals surface area contributed by atoms with E-state index in [0.29, 0.717) is 13.1 Å². The molecule has 2 aromatic rings. The smallest absolute Gasteiger partial charge is 0.245 e. The summed E-state index contributed by atoms with van der Waals surface area (Å²) >= 11 is 0. The van der Waals surface area contributed by atoms with Crippen LogP contribution in [0.15, 0.2) is 48.5 Å². The van der Waals surface area contributed by atoms with Crippen LogP contribution in [0, 0.1) is 13.8 Å². The quantitative estimate of drug-likeness (QED) is 0.330. The third kappa shape index (κ3) is 13.5. The highest BCUT2D eigenvalue weighted by Gasteiger charge is 2.19. The number of carbonyl (C=O) groups is 4. The van der Waals surface area contributed by atoms with Gasteiger partial charge in [-0.05, 0) is 25.0 Å². The van der Waals surface area contributed by atoms with E-state index in [1.807, 2.05) is 62.4 Å². The van der Waals surface area contributed by atoms with Gasteiger partial charge in [-0.3, -0.25) is 19.2 Å². The van der Waals surface area contributed by atoms with Gasteiger partial charge in [-0.25, -0.2) is 0 Å². The van der Waals surface area contributed by atoms with Gasteiger partial charge in [0.2, 0.25) is 23.6 Å². The third-order valence-corrected chi connectivity index (χ3v) is 5.23. The number of nitrogens with one attached hydrogen (secondary N) is 4. The Morgan fingerprint density at radius 3 is 1.21 bits per heavy atom. The molecule has 2 atom stereocenters. The summed E-state index contributed by atoms with van der Waals surface area (Å²) in [5.74, 6) is -1.02. The maximum absolute atomic E-state index is 11.9. The summed E-state index contributed by atoms with van der Waals surface area (Å²) in [6.45, 7) is 7.92. The van der Waals surface area contributed by atoms with Crippen LogP contribution in [0.1, 0.15) is 36.1 Å². The molecule has 0 aliphatic heterocycles. The molecule has 2 aromatic carbocycles. The average Bonchev–Trinajstić information content (AvgIpc) is 2.87. The predicted molar refractivity (Wildman–Crippen MR) is 145 cm³/mol. The summed E-state index contributed by atoms with van der Waals surface area (Å²) in [6.07, 6.45) is 0. The number of hydrogen-bond donors (Lipinski definition) is 4. The number of amides is 4. The Bertz CT molecular complexity index is 941. The van der Waals surface area contributed by atoms with Crippen LogP contribution < -0.4 is 21.3 Å². The summed E-state index contributed by atoms with van der Waals surface area (Å²) in [5.41, 5.74) is 4.37. The first kappa shape index (κ1) is 32.3. The monoisotopic (exact) mass is 528 g/mol. The van der Waals surface area contributed by atoms with Crippen molar-refractivity contribution < 1.29 is 28.7 Å². The highest BCUT2D eigenvalue weighted by atomic mass is 16.5. The summed E-state index contributed by atoms with van der Waals surface area (Å²) in [5, 5.41) is 10.6. The van der Waals surface area contributed by atoms with E-state index in [1.165, 1.54) is 39.2 Å². The summed E-state index contributed by atoms with van der Waals surface area (Å²) in [7, 11) is 2.98. The van der Waals surface area contributed by atoms with Crippen molar-refractivity contribution in [3.8, 4) is 0 Å². The Balaban J connectivity index is 0.000000380. The Kier molecular flexibility index (Phi) is 15.0. The van der Waals surface area contributed by atoms with Gasteiger partial charge in [0.05, 0.1) is 13.2 Å². The SMILES string of the molecule is COC[C@@H](NC(C)=O)C(=O)NCc1ccc(C)cc1.COC[C@@H](NC(C)=O)C(=O)NCc1ccc(C)cc1. The van der Waals surface area contributed by atoms with Crippen molar-refractivity contribution in [3.63, 3.8) is 0 Å². The van der Waals surface area contributed by atoms with E-state index < -0.39 is 12.1 Å². The second-order valence-corrected chi connectivity index (χ2v) is 8.82. The Labute approximate surface area is 224 Å². The molecule has 2 rings (SSSR count). The molecule has 0 saturated carbocycles. The molecule has 4 N–H and O–H groups in total. The molecule has 38 heavy (non-hydrogen) atoms. The molecule has 10 nitrogen and oxygen atoms in total. The largest absolute Gasteiger partial charge is 0.382 e. The van der Waals surface area contributed by atoms with Crippen LogP contribution in [0.4, 0.5) is 0 Å². The van der Waals surface area contributed by atoms with E-state index in [9.17, 15) is 19.2 Å². The van der Waals surface area contributed by atoms with Crippen LogP contribution in [-0.2, 0) is 41.7 Å². The van der Waals surface area contributed by atoms with Gasteiger partial charge in [-0.2, -0.15) is 0 Å². The van der Waals surface area contributed by atoms with E-state index in [4.69, 9.17) is 9.47 Å². The molecule has 0 radical (unpaired) electrons. The lowest BCUT2D eigenvalue weighted by Gasteiger charge is -2.16. The standard InChI is InChI=1S/2C14H20N2O3/c2*1-10-4-6-12(7-5-10)8-15-14(18)13(9-19-3)16-11(2)17/h2*4-7,13H,8-9H2,1-3H3,(H,15,18)(H,16,17)/t2*13-/m11/s1. The number of methoxy groups -OCH3 is 2. The van der Waals surface area contributed by atoms with E-state index in [-0.39, 0.29) is 36.8 Å². The number of ether oxygens (including phenoxy) is 2. The van der Waals surface area contributed by atoms with Crippen molar-refractivity contribution in [2.45, 2.75) is 52.9 Å². The van der Waals surface area contributed by atoms with Gasteiger partial charge >= 0.3 is 0 Å². The average molecular weight is 529 g/mol. The van der Waals surface area contributed by atoms with Gasteiger partial charge in [0, 0.05) is 41.2 Å². The van der Waals surface area contributed by atoms with Crippen molar-refractivity contribution in [1.82, 2.24) is 21.3 Å². The number of benzene rings is 2. The van der Waals surface area contributed by atoms with Crippen molar-refractivity contribution in [2.75, 3.05) is 27.4 Å². The molecular weight excluding hydrogens is 488 g/mol. The zero-order valence-corrected chi connectivity index (χ0v) is 23.1. The van der Waals surface area contributed by atoms with Crippen LogP contribution in [0.2, 0.25) is 0 Å². The fourth-order valence-corrected chi connectivity index (χ4v) is 3.23. The zero-order valence-electron chi connectivity index (χ0n) is 23.1. The molecule has 208 valence electrons. The Morgan fingerprint density at radius 1 is 0.632 bits per heavy atom. The van der Waals surface area contributed by atoms with Crippen molar-refractivity contribution in [1.29, 1.82) is 0 Å². The lowest BCUT2D eigenvalue weighted by molar-refractivity contribution is -0.129. The molecular formula is C28H40N4O6. The summed E-state index contributed by atoms with van der Waals surface area (Å²) in [4.78, 5) is 45.8. The molecule has 0 saturated heterocycles. The molecule has 0 heterocycles. The van der Waals surface area contributed by atoms with Crippen molar-refractivity contribution in [2.24, 2.45) is 0 Å². The van der Waals surface area contributed by atoms with Gasteiger partial charge in [0.25, 0.3) is 0 Å². The predicted octanol–water partition coefficient (Wildman–Crippen LogP) is 1.52. The van der Waals surface area contributed by atoms with Crippen LogP contribution in [0.5, 0.6) is 0 Å². The Morgan fingerprint density at radius 2 is 0.947 bits per heavy atom. The molecule has 0 aromatic heterocycles. The summed E-state index contributed by atoms with van der Waals surface area (Å²) in [6, 6.07) is 14.5. The molecule has 0 aliphatic carbocycles. The summed E-state index contributed by atoms with van der Waals surface area (Å²) < 4.78 is 9.84. The van der Waals surface area contributed by atoms with E-state index in [0.717, 1.165) is 11.1 Å². The fourth-order valence-electron chi connectivity index (χ4n) is 3.23. The maximum atomic E-state index is 11.9. The van der Waals surface area contributed by atoms with Crippen LogP contribution in [0.3, 0.4) is 0 Å². The Hall–Kier alpha value is -3.76. The van der Waals surface area contributed by atoms with Crippen LogP contribution >= 0.6 is 0 Å². The highest BCUT2D eigenvalue weighted by molar-refractivity contribution is 5.87. The molecule has 0 aliphatic rings. The first-order valence-electron chi connectivity index (χ1n) is 12.2. The second-order valence-electron chi connectivity index (χ2n) is 8.82. The first-order chi connectivity index (χ1) is 18.0. The van der Waals surface area contributed by atoms with Gasteiger partial charge in [-0.1, -0.05) is 59.7 Å². The third-order valence-electron chi connectivity index (χ3n) is 5.23. The topological polar surface area (TPSA) is 135 Å². The molecule has 0 fully saturated rings. The molecule has 0 spiro atoms.